The number of carbonyl (C=O) groups excluding carboxylic acids is 3. The van der Waals surface area contributed by atoms with Crippen molar-refractivity contribution >= 4 is 23.3 Å². The number of Topliss-reactive ketones (excluding diaryl/α,β-unsaturated/α-hetero) is 1. The maximum atomic E-state index is 12.8. The third-order valence-electron chi connectivity index (χ3n) is 4.65. The van der Waals surface area contributed by atoms with E-state index in [4.69, 9.17) is 4.74 Å². The van der Waals surface area contributed by atoms with Crippen molar-refractivity contribution in [3.05, 3.63) is 65.7 Å². The Bertz CT molecular complexity index is 831. The molecule has 5 nitrogen and oxygen atoms in total. The van der Waals surface area contributed by atoms with Crippen LogP contribution < -0.4 is 4.90 Å². The lowest BCUT2D eigenvalue weighted by Crippen LogP contribution is -2.44. The molecule has 0 aliphatic carbocycles. The normalized spacial score (nSPS) is 18.6. The number of hydrogen-bond acceptors (Lipinski definition) is 4. The van der Waals surface area contributed by atoms with Crippen molar-refractivity contribution in [3.63, 3.8) is 0 Å². The van der Waals surface area contributed by atoms with Gasteiger partial charge in [-0.25, -0.2) is 0 Å². The number of methoxy groups -OCH3 is 1. The smallest absolute Gasteiger partial charge is 0.318 e. The fourth-order valence-electron chi connectivity index (χ4n) is 3.43. The molecule has 0 aromatic heterocycles. The van der Waals surface area contributed by atoms with Gasteiger partial charge in [-0.2, -0.15) is 0 Å². The SMILES string of the molecule is COC(=O)C1(CC(=O)c2ccccc2)CN(C(C)=O)c2ccccc21. The maximum Gasteiger partial charge on any atom is 0.318 e. The molecule has 0 radical (unpaired) electrons. The average molecular weight is 337 g/mol. The lowest BCUT2D eigenvalue weighted by molar-refractivity contribution is -0.147. The number of rotatable bonds is 4. The highest BCUT2D eigenvalue weighted by Crippen LogP contribution is 2.44. The van der Waals surface area contributed by atoms with E-state index in [1.807, 2.05) is 6.07 Å². The van der Waals surface area contributed by atoms with E-state index < -0.39 is 11.4 Å². The van der Waals surface area contributed by atoms with Crippen molar-refractivity contribution in [3.8, 4) is 0 Å². The van der Waals surface area contributed by atoms with Crippen LogP contribution in [-0.2, 0) is 19.7 Å². The number of nitrogens with zero attached hydrogens (tertiary/aromatic N) is 1. The highest BCUT2D eigenvalue weighted by atomic mass is 16.5. The van der Waals surface area contributed by atoms with Crippen LogP contribution in [0.5, 0.6) is 0 Å². The fraction of sp³-hybridized carbons (Fsp3) is 0.250. The molecule has 25 heavy (non-hydrogen) atoms. The number of ether oxygens (including phenoxy) is 1. The summed E-state index contributed by atoms with van der Waals surface area (Å²) in [5, 5.41) is 0. The minimum Gasteiger partial charge on any atom is -0.468 e. The molecular weight excluding hydrogens is 318 g/mol. The third kappa shape index (κ3) is 2.82. The quantitative estimate of drug-likeness (QED) is 0.636. The number of fused-ring (bicyclic) bond motifs is 1. The van der Waals surface area contributed by atoms with Gasteiger partial charge in [0.2, 0.25) is 5.91 Å². The Labute approximate surface area is 146 Å². The van der Waals surface area contributed by atoms with Crippen molar-refractivity contribution < 1.29 is 19.1 Å². The van der Waals surface area contributed by atoms with Gasteiger partial charge in [0.05, 0.1) is 7.11 Å². The van der Waals surface area contributed by atoms with Crippen molar-refractivity contribution in [2.45, 2.75) is 18.8 Å². The zero-order chi connectivity index (χ0) is 18.0. The first-order chi connectivity index (χ1) is 12.0. The Morgan fingerprint density at radius 2 is 1.68 bits per heavy atom. The van der Waals surface area contributed by atoms with E-state index in [-0.39, 0.29) is 24.7 Å². The Morgan fingerprint density at radius 3 is 2.32 bits per heavy atom. The second kappa shape index (κ2) is 6.51. The van der Waals surface area contributed by atoms with Crippen LogP contribution in [0.15, 0.2) is 54.6 Å². The lowest BCUT2D eigenvalue weighted by atomic mass is 9.77. The van der Waals surface area contributed by atoms with Gasteiger partial charge in [0.1, 0.15) is 5.41 Å². The van der Waals surface area contributed by atoms with Gasteiger partial charge in [-0.15, -0.1) is 0 Å². The van der Waals surface area contributed by atoms with Gasteiger partial charge < -0.3 is 9.64 Å². The van der Waals surface area contributed by atoms with Crippen LogP contribution >= 0.6 is 0 Å². The molecule has 3 rings (SSSR count). The Morgan fingerprint density at radius 1 is 1.04 bits per heavy atom. The monoisotopic (exact) mass is 337 g/mol. The summed E-state index contributed by atoms with van der Waals surface area (Å²) in [4.78, 5) is 39.1. The second-order valence-electron chi connectivity index (χ2n) is 6.16. The molecule has 5 heteroatoms. The van der Waals surface area contributed by atoms with E-state index in [2.05, 4.69) is 0 Å². The van der Waals surface area contributed by atoms with Crippen LogP contribution in [0.25, 0.3) is 0 Å². The van der Waals surface area contributed by atoms with Gasteiger partial charge in [0.15, 0.2) is 5.78 Å². The summed E-state index contributed by atoms with van der Waals surface area (Å²) in [6.07, 6.45) is -0.0511. The number of amides is 1. The first-order valence-corrected chi connectivity index (χ1v) is 8.04. The molecule has 2 aromatic rings. The van der Waals surface area contributed by atoms with Gasteiger partial charge >= 0.3 is 5.97 Å². The number of carbonyl (C=O) groups is 3. The summed E-state index contributed by atoms with van der Waals surface area (Å²) in [5.74, 6) is -0.843. The zero-order valence-electron chi connectivity index (χ0n) is 14.2. The van der Waals surface area contributed by atoms with Crippen LogP contribution in [0.4, 0.5) is 5.69 Å². The van der Waals surface area contributed by atoms with Crippen molar-refractivity contribution in [2.24, 2.45) is 0 Å². The van der Waals surface area contributed by atoms with E-state index >= 15 is 0 Å². The number of benzene rings is 2. The summed E-state index contributed by atoms with van der Waals surface area (Å²) in [6, 6.07) is 16.0. The van der Waals surface area contributed by atoms with Crippen molar-refractivity contribution in [2.75, 3.05) is 18.6 Å². The number of anilines is 1. The van der Waals surface area contributed by atoms with Crippen LogP contribution in [0, 0.1) is 0 Å². The van der Waals surface area contributed by atoms with Gasteiger partial charge in [-0.05, 0) is 11.6 Å². The van der Waals surface area contributed by atoms with E-state index in [9.17, 15) is 14.4 Å². The lowest BCUT2D eigenvalue weighted by Gasteiger charge is -2.26. The average Bonchev–Trinajstić information content (AvgIpc) is 2.98. The summed E-state index contributed by atoms with van der Waals surface area (Å²) in [7, 11) is 1.30. The van der Waals surface area contributed by atoms with Gasteiger partial charge in [0, 0.05) is 31.1 Å². The van der Waals surface area contributed by atoms with Crippen molar-refractivity contribution in [1.82, 2.24) is 0 Å². The minimum absolute atomic E-state index is 0.0511. The molecule has 0 spiro atoms. The van der Waals surface area contributed by atoms with Crippen LogP contribution in [0.1, 0.15) is 29.3 Å². The Kier molecular flexibility index (Phi) is 4.40. The zero-order valence-corrected chi connectivity index (χ0v) is 14.2. The molecule has 128 valence electrons. The molecular formula is C20H19NO4. The minimum atomic E-state index is -1.19. The van der Waals surface area contributed by atoms with Crippen LogP contribution in [0.3, 0.4) is 0 Å². The first kappa shape index (κ1) is 16.9. The molecule has 0 bridgehead atoms. The third-order valence-corrected chi connectivity index (χ3v) is 4.65. The molecule has 0 N–H and O–H groups in total. The van der Waals surface area contributed by atoms with E-state index in [1.54, 1.807) is 48.5 Å². The summed E-state index contributed by atoms with van der Waals surface area (Å²) >= 11 is 0. The second-order valence-corrected chi connectivity index (χ2v) is 6.16. The predicted octanol–water partition coefficient (Wildman–Crippen LogP) is 2.74. The molecule has 1 aliphatic rings. The Balaban J connectivity index is 2.08. The number of hydrogen-bond donors (Lipinski definition) is 0. The van der Waals surface area contributed by atoms with E-state index in [0.717, 1.165) is 0 Å². The molecule has 2 aromatic carbocycles. The molecule has 1 amide bonds. The number of para-hydroxylation sites is 1. The van der Waals surface area contributed by atoms with E-state index in [0.29, 0.717) is 16.8 Å². The highest BCUT2D eigenvalue weighted by Gasteiger charge is 2.51. The molecule has 1 heterocycles. The summed E-state index contributed by atoms with van der Waals surface area (Å²) in [6.45, 7) is 1.55. The molecule has 0 fully saturated rings. The Hall–Kier alpha value is -2.95. The molecule has 1 atom stereocenters. The number of ketones is 1. The first-order valence-electron chi connectivity index (χ1n) is 8.04. The molecule has 0 saturated heterocycles. The van der Waals surface area contributed by atoms with Gasteiger partial charge in [-0.1, -0.05) is 48.5 Å². The molecule has 0 saturated carbocycles. The van der Waals surface area contributed by atoms with Crippen LogP contribution in [0.2, 0.25) is 0 Å². The molecule has 1 aliphatic heterocycles. The fourth-order valence-corrected chi connectivity index (χ4v) is 3.43. The van der Waals surface area contributed by atoms with Crippen molar-refractivity contribution in [1.29, 1.82) is 0 Å². The topological polar surface area (TPSA) is 63.7 Å². The summed E-state index contributed by atoms with van der Waals surface area (Å²) < 4.78 is 5.03. The predicted molar refractivity (Wildman–Crippen MR) is 93.6 cm³/mol. The van der Waals surface area contributed by atoms with Crippen LogP contribution in [-0.4, -0.2) is 31.3 Å². The number of esters is 1. The maximum absolute atomic E-state index is 12.8. The highest BCUT2D eigenvalue weighted by molar-refractivity contribution is 6.05. The summed E-state index contributed by atoms with van der Waals surface area (Å²) in [5.41, 5.74) is 0.649. The standard InChI is InChI=1S/C20H19NO4/c1-14(22)21-13-20(19(24)25-2,16-10-6-7-11-17(16)21)12-18(23)15-8-4-3-5-9-15/h3-11H,12-13H2,1-2H3. The largest absolute Gasteiger partial charge is 0.468 e. The molecule has 1 unspecified atom stereocenters. The van der Waals surface area contributed by atoms with E-state index in [1.165, 1.54) is 18.9 Å². The van der Waals surface area contributed by atoms with Gasteiger partial charge in [-0.3, -0.25) is 14.4 Å². The van der Waals surface area contributed by atoms with Gasteiger partial charge in [0.25, 0.3) is 0 Å².